The van der Waals surface area contributed by atoms with Crippen LogP contribution in [0.1, 0.15) is 71.1 Å². The van der Waals surface area contributed by atoms with Gasteiger partial charge in [-0.15, -0.1) is 0 Å². The van der Waals surface area contributed by atoms with Gasteiger partial charge in [0, 0.05) is 0 Å². The van der Waals surface area contributed by atoms with E-state index in [-0.39, 0.29) is 0 Å². The highest BCUT2D eigenvalue weighted by atomic mass is 14.4. The summed E-state index contributed by atoms with van der Waals surface area (Å²) in [7, 11) is 0. The lowest BCUT2D eigenvalue weighted by molar-refractivity contribution is 0.0848. The van der Waals surface area contributed by atoms with Crippen LogP contribution in [0.25, 0.3) is 6.08 Å². The average molecular weight is 327 g/mol. The Morgan fingerprint density at radius 2 is 1.58 bits per heavy atom. The molecule has 1 saturated carbocycles. The summed E-state index contributed by atoms with van der Waals surface area (Å²) in [5, 5.41) is 0. The maximum absolute atomic E-state index is 3.82. The summed E-state index contributed by atoms with van der Waals surface area (Å²) < 4.78 is 0. The molecule has 0 amide bonds. The van der Waals surface area contributed by atoms with E-state index in [1.807, 2.05) is 13.0 Å². The Hall–Kier alpha value is -1.30. The van der Waals surface area contributed by atoms with E-state index in [1.54, 1.807) is 0 Å². The number of aryl methyl sites for hydroxylation is 2. The monoisotopic (exact) mass is 326 g/mol. The van der Waals surface area contributed by atoms with Crippen LogP contribution in [0.2, 0.25) is 0 Å². The maximum Gasteiger partial charge on any atom is -0.0254 e. The molecule has 1 fully saturated rings. The van der Waals surface area contributed by atoms with Gasteiger partial charge < -0.3 is 0 Å². The van der Waals surface area contributed by atoms with Gasteiger partial charge in [0.25, 0.3) is 0 Å². The smallest absolute Gasteiger partial charge is 0.0254 e. The Morgan fingerprint density at radius 3 is 2.04 bits per heavy atom. The highest BCUT2D eigenvalue weighted by Gasteiger charge is 2.34. The molecule has 0 saturated heterocycles. The SMILES string of the molecule is C=C(C)/C=C/c1ccc(C)c(C)c1.CC1CC(C)(C)CC(C)C1C. The molecule has 1 aliphatic rings. The molecule has 0 N–H and O–H groups in total. The molecule has 0 nitrogen and oxygen atoms in total. The summed E-state index contributed by atoms with van der Waals surface area (Å²) in [5.41, 5.74) is 5.60. The second-order valence-corrected chi connectivity index (χ2v) is 8.91. The van der Waals surface area contributed by atoms with Gasteiger partial charge >= 0.3 is 0 Å². The molecule has 24 heavy (non-hydrogen) atoms. The molecule has 0 aliphatic heterocycles. The maximum atomic E-state index is 3.82. The van der Waals surface area contributed by atoms with E-state index >= 15 is 0 Å². The van der Waals surface area contributed by atoms with Crippen LogP contribution in [0, 0.1) is 37.0 Å². The largest absolute Gasteiger partial charge is 0.0961 e. The summed E-state index contributed by atoms with van der Waals surface area (Å²) in [6, 6.07) is 6.46. The molecule has 0 bridgehead atoms. The van der Waals surface area contributed by atoms with E-state index in [9.17, 15) is 0 Å². The molecule has 0 aromatic heterocycles. The molecular formula is C24H38. The Balaban J connectivity index is 0.000000243. The lowest BCUT2D eigenvalue weighted by atomic mass is 9.64. The van der Waals surface area contributed by atoms with Gasteiger partial charge in [-0.2, -0.15) is 0 Å². The van der Waals surface area contributed by atoms with Crippen LogP contribution in [0.4, 0.5) is 0 Å². The zero-order valence-electron chi connectivity index (χ0n) is 17.2. The minimum atomic E-state index is 0.603. The van der Waals surface area contributed by atoms with Crippen LogP contribution in [0.3, 0.4) is 0 Å². The summed E-state index contributed by atoms with van der Waals surface area (Å²) in [5.74, 6) is 2.78. The lowest BCUT2D eigenvalue weighted by Crippen LogP contribution is -2.32. The molecule has 0 heterocycles. The van der Waals surface area contributed by atoms with E-state index < -0.39 is 0 Å². The Kier molecular flexibility index (Phi) is 7.52. The normalized spacial score (nSPS) is 25.9. The average Bonchev–Trinajstić information content (AvgIpc) is 2.46. The first-order chi connectivity index (χ1) is 11.0. The number of benzene rings is 1. The third kappa shape index (κ3) is 6.67. The van der Waals surface area contributed by atoms with Crippen molar-refractivity contribution in [2.75, 3.05) is 0 Å². The van der Waals surface area contributed by atoms with Crippen molar-refractivity contribution < 1.29 is 0 Å². The van der Waals surface area contributed by atoms with Gasteiger partial charge in [0.2, 0.25) is 0 Å². The van der Waals surface area contributed by atoms with Crippen molar-refractivity contribution >= 4 is 6.08 Å². The fraction of sp³-hybridized carbons (Fsp3) is 0.583. The molecule has 1 aliphatic carbocycles. The molecule has 2 atom stereocenters. The quantitative estimate of drug-likeness (QED) is 0.491. The Labute approximate surface area is 151 Å². The van der Waals surface area contributed by atoms with Crippen molar-refractivity contribution in [2.45, 2.75) is 68.2 Å². The predicted molar refractivity (Wildman–Crippen MR) is 110 cm³/mol. The van der Waals surface area contributed by atoms with Gasteiger partial charge in [-0.25, -0.2) is 0 Å². The number of hydrogen-bond acceptors (Lipinski definition) is 0. The first kappa shape index (κ1) is 20.7. The minimum absolute atomic E-state index is 0.603. The molecule has 1 aromatic rings. The second kappa shape index (κ2) is 8.70. The van der Waals surface area contributed by atoms with E-state index in [4.69, 9.17) is 0 Å². The fourth-order valence-corrected chi connectivity index (χ4v) is 3.87. The number of hydrogen-bond donors (Lipinski definition) is 0. The van der Waals surface area contributed by atoms with Gasteiger partial charge in [0.05, 0.1) is 0 Å². The summed E-state index contributed by atoms with van der Waals surface area (Å²) in [6.07, 6.45) is 6.95. The van der Waals surface area contributed by atoms with Gasteiger partial charge in [-0.1, -0.05) is 77.1 Å². The van der Waals surface area contributed by atoms with Crippen LogP contribution < -0.4 is 0 Å². The molecule has 1 aromatic carbocycles. The van der Waals surface area contributed by atoms with Crippen molar-refractivity contribution in [3.05, 3.63) is 53.1 Å². The third-order valence-electron chi connectivity index (χ3n) is 5.64. The first-order valence-corrected chi connectivity index (χ1v) is 9.42. The molecule has 2 rings (SSSR count). The first-order valence-electron chi connectivity index (χ1n) is 9.42. The van der Waals surface area contributed by atoms with E-state index in [2.05, 4.69) is 79.3 Å². The van der Waals surface area contributed by atoms with Gasteiger partial charge in [-0.05, 0) is 73.5 Å². The van der Waals surface area contributed by atoms with E-state index in [1.165, 1.54) is 29.5 Å². The van der Waals surface area contributed by atoms with Gasteiger partial charge in [0.15, 0.2) is 0 Å². The zero-order valence-corrected chi connectivity index (χ0v) is 17.2. The van der Waals surface area contributed by atoms with E-state index in [0.717, 1.165) is 23.3 Å². The van der Waals surface area contributed by atoms with Crippen molar-refractivity contribution in [3.63, 3.8) is 0 Å². The molecule has 0 heteroatoms. The number of rotatable bonds is 2. The van der Waals surface area contributed by atoms with Crippen molar-refractivity contribution in [1.29, 1.82) is 0 Å². The summed E-state index contributed by atoms with van der Waals surface area (Å²) in [4.78, 5) is 0. The third-order valence-corrected chi connectivity index (χ3v) is 5.64. The predicted octanol–water partition coefficient (Wildman–Crippen LogP) is 7.61. The zero-order chi connectivity index (χ0) is 18.5. The molecule has 0 radical (unpaired) electrons. The number of allylic oxidation sites excluding steroid dienone is 2. The van der Waals surface area contributed by atoms with Crippen molar-refractivity contribution in [1.82, 2.24) is 0 Å². The molecule has 2 unspecified atom stereocenters. The van der Waals surface area contributed by atoms with Crippen molar-refractivity contribution in [3.8, 4) is 0 Å². The molecule has 134 valence electrons. The van der Waals surface area contributed by atoms with Crippen LogP contribution in [-0.2, 0) is 0 Å². The second-order valence-electron chi connectivity index (χ2n) is 8.91. The van der Waals surface area contributed by atoms with Crippen LogP contribution in [-0.4, -0.2) is 0 Å². The van der Waals surface area contributed by atoms with Crippen LogP contribution in [0.15, 0.2) is 36.4 Å². The van der Waals surface area contributed by atoms with Crippen LogP contribution in [0.5, 0.6) is 0 Å². The fourth-order valence-electron chi connectivity index (χ4n) is 3.87. The topological polar surface area (TPSA) is 0 Å². The highest BCUT2D eigenvalue weighted by molar-refractivity contribution is 5.54. The molecular weight excluding hydrogens is 288 g/mol. The van der Waals surface area contributed by atoms with E-state index in [0.29, 0.717) is 5.41 Å². The van der Waals surface area contributed by atoms with Gasteiger partial charge in [-0.3, -0.25) is 0 Å². The highest BCUT2D eigenvalue weighted by Crippen LogP contribution is 2.44. The van der Waals surface area contributed by atoms with Crippen molar-refractivity contribution in [2.24, 2.45) is 23.2 Å². The minimum Gasteiger partial charge on any atom is -0.0961 e. The van der Waals surface area contributed by atoms with Crippen LogP contribution >= 0.6 is 0 Å². The van der Waals surface area contributed by atoms with Gasteiger partial charge in [0.1, 0.15) is 0 Å². The Morgan fingerprint density at radius 1 is 1.04 bits per heavy atom. The summed E-state index contributed by atoms with van der Waals surface area (Å²) >= 11 is 0. The Bertz CT molecular complexity index is 560. The summed E-state index contributed by atoms with van der Waals surface area (Å²) in [6.45, 7) is 22.1. The molecule has 0 spiro atoms. The standard InChI is InChI=1S/C13H16.C11H22/c1-10(2)5-7-13-8-6-11(3)12(4)9-13;1-8-6-11(4,5)7-9(2)10(8)3/h5-9H,1H2,2-4H3;8-10H,6-7H2,1-5H3/b7-5+;. The lowest BCUT2D eigenvalue weighted by Gasteiger charge is -2.42.